The topological polar surface area (TPSA) is 45.5 Å². The first-order valence-electron chi connectivity index (χ1n) is 7.95. The first kappa shape index (κ1) is 14.6. The van der Waals surface area contributed by atoms with Gasteiger partial charge in [0, 0.05) is 5.69 Å². The van der Waals surface area contributed by atoms with Gasteiger partial charge in [-0.2, -0.15) is 0 Å². The molecule has 1 unspecified atom stereocenters. The smallest absolute Gasteiger partial charge is 0.258 e. The lowest BCUT2D eigenvalue weighted by Gasteiger charge is -2.46. The highest BCUT2D eigenvalue weighted by atomic mass is 16.3. The zero-order valence-corrected chi connectivity index (χ0v) is 13.4. The summed E-state index contributed by atoms with van der Waals surface area (Å²) < 4.78 is 5.48. The zero-order chi connectivity index (χ0) is 16.6. The van der Waals surface area contributed by atoms with Crippen molar-refractivity contribution in [1.29, 1.82) is 0 Å². The molecule has 4 heteroatoms. The van der Waals surface area contributed by atoms with Crippen LogP contribution in [0.1, 0.15) is 28.6 Å². The minimum Gasteiger partial charge on any atom is -0.467 e. The molecule has 2 heterocycles. The van der Waals surface area contributed by atoms with E-state index >= 15 is 0 Å². The van der Waals surface area contributed by atoms with Gasteiger partial charge in [-0.05, 0) is 36.8 Å². The predicted molar refractivity (Wildman–Crippen MR) is 92.4 cm³/mol. The van der Waals surface area contributed by atoms with Gasteiger partial charge in [-0.1, -0.05) is 42.5 Å². The Bertz CT molecular complexity index is 858. The number of fused-ring (bicyclic) bond motifs is 1. The van der Waals surface area contributed by atoms with E-state index in [1.807, 2.05) is 78.6 Å². The monoisotopic (exact) mass is 318 g/mol. The van der Waals surface area contributed by atoms with Crippen LogP contribution in [0, 0.1) is 0 Å². The van der Waals surface area contributed by atoms with E-state index in [0.29, 0.717) is 12.1 Å². The molecule has 2 aromatic carbocycles. The molecule has 1 aromatic heterocycles. The number of nitrogens with zero attached hydrogens (tertiary/aromatic N) is 1. The second-order valence-electron chi connectivity index (χ2n) is 6.08. The van der Waals surface area contributed by atoms with E-state index in [0.717, 1.165) is 17.0 Å². The molecule has 0 saturated carbocycles. The number of nitrogens with one attached hydrogen (secondary N) is 1. The van der Waals surface area contributed by atoms with E-state index in [1.165, 1.54) is 0 Å². The van der Waals surface area contributed by atoms with E-state index in [2.05, 4.69) is 5.32 Å². The largest absolute Gasteiger partial charge is 0.467 e. The lowest BCUT2D eigenvalue weighted by Crippen LogP contribution is -2.55. The summed E-state index contributed by atoms with van der Waals surface area (Å²) in [4.78, 5) is 15.0. The fraction of sp³-hybridized carbons (Fsp3) is 0.150. The van der Waals surface area contributed by atoms with Crippen LogP contribution in [0.25, 0.3) is 0 Å². The van der Waals surface area contributed by atoms with Crippen molar-refractivity contribution in [3.05, 3.63) is 89.9 Å². The number of carbonyl (C=O) groups excluding carboxylic acids is 1. The van der Waals surface area contributed by atoms with Gasteiger partial charge in [0.2, 0.25) is 0 Å². The molecule has 0 saturated heterocycles. The number of hydrogen-bond donors (Lipinski definition) is 1. The van der Waals surface area contributed by atoms with Gasteiger partial charge in [0.15, 0.2) is 0 Å². The van der Waals surface area contributed by atoms with Crippen molar-refractivity contribution >= 4 is 11.6 Å². The number of carbonyl (C=O) groups is 1. The number of hydrogen-bond acceptors (Lipinski definition) is 3. The van der Waals surface area contributed by atoms with E-state index in [1.54, 1.807) is 6.26 Å². The second kappa shape index (κ2) is 5.57. The number of benzene rings is 2. The van der Waals surface area contributed by atoms with Crippen LogP contribution in [-0.2, 0) is 12.2 Å². The molecule has 0 aliphatic carbocycles. The number of anilines is 1. The van der Waals surface area contributed by atoms with E-state index in [9.17, 15) is 4.79 Å². The summed E-state index contributed by atoms with van der Waals surface area (Å²) in [6, 6.07) is 21.3. The number of furan rings is 1. The first-order chi connectivity index (χ1) is 11.7. The molecule has 1 amide bonds. The summed E-state index contributed by atoms with van der Waals surface area (Å²) in [7, 11) is 0. The van der Waals surface area contributed by atoms with Crippen molar-refractivity contribution in [1.82, 2.24) is 4.90 Å². The zero-order valence-electron chi connectivity index (χ0n) is 13.4. The van der Waals surface area contributed by atoms with E-state index < -0.39 is 5.66 Å². The third-order valence-corrected chi connectivity index (χ3v) is 4.55. The highest BCUT2D eigenvalue weighted by Crippen LogP contribution is 2.38. The van der Waals surface area contributed by atoms with Gasteiger partial charge in [0.25, 0.3) is 5.91 Å². The fourth-order valence-electron chi connectivity index (χ4n) is 3.24. The summed E-state index contributed by atoms with van der Waals surface area (Å²) >= 11 is 0. The molecule has 120 valence electrons. The standard InChI is InChI=1S/C20H18N2O2/c1-20(15-8-3-2-4-9-15)21-18-12-6-5-11-17(18)19(23)22(20)14-16-10-7-13-24-16/h2-13,21H,14H2,1H3. The molecule has 0 spiro atoms. The van der Waals surface area contributed by atoms with Gasteiger partial charge >= 0.3 is 0 Å². The average Bonchev–Trinajstić information content (AvgIpc) is 3.13. The van der Waals surface area contributed by atoms with Crippen LogP contribution in [0.2, 0.25) is 0 Å². The van der Waals surface area contributed by atoms with Crippen molar-refractivity contribution in [2.45, 2.75) is 19.1 Å². The molecule has 0 bridgehead atoms. The van der Waals surface area contributed by atoms with Crippen LogP contribution in [0.4, 0.5) is 5.69 Å². The van der Waals surface area contributed by atoms with Crippen molar-refractivity contribution in [2.24, 2.45) is 0 Å². The molecular weight excluding hydrogens is 300 g/mol. The van der Waals surface area contributed by atoms with Crippen molar-refractivity contribution in [3.63, 3.8) is 0 Å². The maximum absolute atomic E-state index is 13.2. The minimum absolute atomic E-state index is 0.00731. The van der Waals surface area contributed by atoms with Crippen molar-refractivity contribution < 1.29 is 9.21 Å². The molecule has 1 aliphatic heterocycles. The Balaban J connectivity index is 1.84. The lowest BCUT2D eigenvalue weighted by atomic mass is 9.93. The molecule has 1 N–H and O–H groups in total. The predicted octanol–water partition coefficient (Wildman–Crippen LogP) is 4.22. The van der Waals surface area contributed by atoms with Gasteiger partial charge in [-0.15, -0.1) is 0 Å². The second-order valence-corrected chi connectivity index (χ2v) is 6.08. The summed E-state index contributed by atoms with van der Waals surface area (Å²) in [6.45, 7) is 2.43. The molecule has 4 nitrogen and oxygen atoms in total. The van der Waals surface area contributed by atoms with E-state index in [-0.39, 0.29) is 5.91 Å². The molecule has 3 aromatic rings. The summed E-state index contributed by atoms with van der Waals surface area (Å²) in [5.74, 6) is 0.749. The van der Waals surface area contributed by atoms with Gasteiger partial charge < -0.3 is 14.6 Å². The quantitative estimate of drug-likeness (QED) is 0.786. The Morgan fingerprint density at radius 1 is 1.00 bits per heavy atom. The lowest BCUT2D eigenvalue weighted by molar-refractivity contribution is 0.0487. The molecular formula is C20H18N2O2. The summed E-state index contributed by atoms with van der Waals surface area (Å²) in [6.07, 6.45) is 1.63. The summed E-state index contributed by atoms with van der Waals surface area (Å²) in [5, 5.41) is 3.55. The molecule has 24 heavy (non-hydrogen) atoms. The Morgan fingerprint density at radius 2 is 1.75 bits per heavy atom. The normalized spacial score (nSPS) is 19.7. The molecule has 1 atom stereocenters. The Morgan fingerprint density at radius 3 is 2.50 bits per heavy atom. The third kappa shape index (κ3) is 2.27. The highest BCUT2D eigenvalue weighted by molar-refractivity contribution is 6.02. The number of rotatable bonds is 3. The molecule has 0 fully saturated rings. The van der Waals surface area contributed by atoms with Crippen LogP contribution in [0.3, 0.4) is 0 Å². The van der Waals surface area contributed by atoms with Gasteiger partial charge in [0.1, 0.15) is 11.4 Å². The van der Waals surface area contributed by atoms with Crippen molar-refractivity contribution in [3.8, 4) is 0 Å². The Kier molecular flexibility index (Phi) is 3.38. The minimum atomic E-state index is -0.653. The number of para-hydroxylation sites is 1. The first-order valence-corrected chi connectivity index (χ1v) is 7.95. The van der Waals surface area contributed by atoms with Crippen LogP contribution in [0.5, 0.6) is 0 Å². The third-order valence-electron chi connectivity index (χ3n) is 4.55. The van der Waals surface area contributed by atoms with Crippen molar-refractivity contribution in [2.75, 3.05) is 5.32 Å². The number of amides is 1. The van der Waals surface area contributed by atoms with Crippen LogP contribution >= 0.6 is 0 Å². The Hall–Kier alpha value is -3.01. The summed E-state index contributed by atoms with van der Waals surface area (Å²) in [5.41, 5.74) is 1.90. The Labute approximate surface area is 140 Å². The maximum atomic E-state index is 13.2. The molecule has 4 rings (SSSR count). The fourth-order valence-corrected chi connectivity index (χ4v) is 3.24. The van der Waals surface area contributed by atoms with Gasteiger partial charge in [0.05, 0.1) is 18.4 Å². The molecule has 0 radical (unpaired) electrons. The van der Waals surface area contributed by atoms with Crippen LogP contribution in [0.15, 0.2) is 77.4 Å². The van der Waals surface area contributed by atoms with Gasteiger partial charge in [-0.25, -0.2) is 0 Å². The highest BCUT2D eigenvalue weighted by Gasteiger charge is 2.42. The SMILES string of the molecule is CC1(c2ccccc2)Nc2ccccc2C(=O)N1Cc1ccco1. The maximum Gasteiger partial charge on any atom is 0.258 e. The van der Waals surface area contributed by atoms with Crippen LogP contribution < -0.4 is 5.32 Å². The molecule has 1 aliphatic rings. The van der Waals surface area contributed by atoms with E-state index in [4.69, 9.17) is 4.42 Å². The average molecular weight is 318 g/mol. The van der Waals surface area contributed by atoms with Crippen LogP contribution in [-0.4, -0.2) is 10.8 Å². The van der Waals surface area contributed by atoms with Gasteiger partial charge in [-0.3, -0.25) is 4.79 Å².